The minimum atomic E-state index is -0.0937. The number of hydrogen-bond donors (Lipinski definition) is 3. The first-order valence-electron chi connectivity index (χ1n) is 7.48. The Balaban J connectivity index is 1.79. The summed E-state index contributed by atoms with van der Waals surface area (Å²) in [5, 5.41) is 16.2. The quantitative estimate of drug-likeness (QED) is 0.772. The van der Waals surface area contributed by atoms with Crippen LogP contribution in [0.4, 0.5) is 5.69 Å². The van der Waals surface area contributed by atoms with Gasteiger partial charge in [0.2, 0.25) is 0 Å². The number of aromatic amines is 1. The molecule has 4 N–H and O–H groups in total. The summed E-state index contributed by atoms with van der Waals surface area (Å²) in [5.41, 5.74) is 7.88. The van der Waals surface area contributed by atoms with Gasteiger partial charge in [0.1, 0.15) is 0 Å². The molecule has 2 fully saturated rings. The number of amides is 1. The van der Waals surface area contributed by atoms with Crippen molar-refractivity contribution in [1.82, 2.24) is 15.1 Å². The molecule has 1 saturated heterocycles. The van der Waals surface area contributed by atoms with Crippen LogP contribution in [0.5, 0.6) is 0 Å². The van der Waals surface area contributed by atoms with Gasteiger partial charge >= 0.3 is 0 Å². The fourth-order valence-electron chi connectivity index (χ4n) is 3.06. The van der Waals surface area contributed by atoms with Crippen molar-refractivity contribution < 1.29 is 9.90 Å². The van der Waals surface area contributed by atoms with Crippen LogP contribution in [0.15, 0.2) is 0 Å². The number of piperidine rings is 1. The van der Waals surface area contributed by atoms with Crippen LogP contribution >= 0.6 is 0 Å². The number of carbonyl (C=O) groups excluding carboxylic acids is 1. The lowest BCUT2D eigenvalue weighted by Crippen LogP contribution is -2.44. The number of nitrogens with two attached hydrogens (primary N) is 1. The van der Waals surface area contributed by atoms with E-state index in [0.29, 0.717) is 23.7 Å². The van der Waals surface area contributed by atoms with Gasteiger partial charge in [-0.1, -0.05) is 0 Å². The number of nitrogens with one attached hydrogen (secondary N) is 1. The molecule has 2 heterocycles. The molecule has 1 amide bonds. The van der Waals surface area contributed by atoms with Crippen molar-refractivity contribution in [1.29, 1.82) is 0 Å². The summed E-state index contributed by atoms with van der Waals surface area (Å²) >= 11 is 0. The molecule has 20 heavy (non-hydrogen) atoms. The largest absolute Gasteiger partial charge is 0.396 e. The first-order chi connectivity index (χ1) is 9.72. The fraction of sp³-hybridized carbons (Fsp3) is 0.714. The molecular weight excluding hydrogens is 256 g/mol. The van der Waals surface area contributed by atoms with Gasteiger partial charge in [-0.15, -0.1) is 0 Å². The Labute approximate surface area is 118 Å². The molecule has 1 unspecified atom stereocenters. The molecule has 0 radical (unpaired) electrons. The molecular formula is C14H22N4O2. The number of nitrogen functional groups attached to an aromatic ring is 1. The predicted octanol–water partition coefficient (Wildman–Crippen LogP) is 1.25. The Bertz CT molecular complexity index is 493. The lowest BCUT2D eigenvalue weighted by atomic mass is 9.99. The Hall–Kier alpha value is -1.56. The van der Waals surface area contributed by atoms with Crippen molar-refractivity contribution in [3.05, 3.63) is 11.4 Å². The summed E-state index contributed by atoms with van der Waals surface area (Å²) in [7, 11) is 0. The summed E-state index contributed by atoms with van der Waals surface area (Å²) in [4.78, 5) is 14.5. The van der Waals surface area contributed by atoms with Crippen molar-refractivity contribution in [2.45, 2.75) is 50.5 Å². The predicted molar refractivity (Wildman–Crippen MR) is 75.4 cm³/mol. The zero-order valence-electron chi connectivity index (χ0n) is 11.6. The molecule has 1 atom stereocenters. The second-order valence-corrected chi connectivity index (χ2v) is 5.83. The van der Waals surface area contributed by atoms with E-state index in [9.17, 15) is 4.79 Å². The molecule has 0 aromatic carbocycles. The Morgan fingerprint density at radius 3 is 2.90 bits per heavy atom. The van der Waals surface area contributed by atoms with Gasteiger partial charge in [-0.05, 0) is 38.5 Å². The maximum Gasteiger partial charge on any atom is 0.276 e. The van der Waals surface area contributed by atoms with E-state index in [1.807, 2.05) is 4.90 Å². The summed E-state index contributed by atoms with van der Waals surface area (Å²) in [6.07, 6.45) is 5.94. The van der Waals surface area contributed by atoms with Crippen LogP contribution in [0.25, 0.3) is 0 Å². The minimum Gasteiger partial charge on any atom is -0.396 e. The molecule has 1 saturated carbocycles. The normalized spacial score (nSPS) is 23.1. The Morgan fingerprint density at radius 1 is 1.40 bits per heavy atom. The third-order valence-corrected chi connectivity index (χ3v) is 4.37. The van der Waals surface area contributed by atoms with Crippen LogP contribution in [0, 0.1) is 0 Å². The number of carbonyl (C=O) groups is 1. The van der Waals surface area contributed by atoms with Gasteiger partial charge in [0.25, 0.3) is 5.91 Å². The van der Waals surface area contributed by atoms with E-state index in [4.69, 9.17) is 10.8 Å². The SMILES string of the molecule is Nc1c(C(=O)N2CCCCC2CCO)n[nH]c1C1CC1. The van der Waals surface area contributed by atoms with E-state index in [2.05, 4.69) is 10.2 Å². The molecule has 2 aliphatic rings. The highest BCUT2D eigenvalue weighted by molar-refractivity contribution is 5.98. The average Bonchev–Trinajstić information content (AvgIpc) is 3.22. The van der Waals surface area contributed by atoms with E-state index in [-0.39, 0.29) is 18.6 Å². The van der Waals surface area contributed by atoms with Gasteiger partial charge in [-0.2, -0.15) is 5.10 Å². The van der Waals surface area contributed by atoms with Crippen LogP contribution in [-0.4, -0.2) is 45.3 Å². The number of aromatic nitrogens is 2. The number of H-pyrrole nitrogens is 1. The van der Waals surface area contributed by atoms with Crippen molar-refractivity contribution in [2.24, 2.45) is 0 Å². The molecule has 6 nitrogen and oxygen atoms in total. The Kier molecular flexibility index (Phi) is 3.65. The molecule has 1 aliphatic carbocycles. The maximum absolute atomic E-state index is 12.6. The molecule has 6 heteroatoms. The first kappa shape index (κ1) is 13.4. The van der Waals surface area contributed by atoms with Crippen LogP contribution in [-0.2, 0) is 0 Å². The van der Waals surface area contributed by atoms with Gasteiger partial charge in [0.05, 0.1) is 11.4 Å². The summed E-state index contributed by atoms with van der Waals surface area (Å²) in [5.74, 6) is 0.363. The van der Waals surface area contributed by atoms with Crippen LogP contribution in [0.1, 0.15) is 60.6 Å². The van der Waals surface area contributed by atoms with Gasteiger partial charge in [0, 0.05) is 25.1 Å². The van der Waals surface area contributed by atoms with Gasteiger partial charge in [0.15, 0.2) is 5.69 Å². The zero-order valence-corrected chi connectivity index (χ0v) is 11.6. The van der Waals surface area contributed by atoms with Crippen molar-refractivity contribution in [3.63, 3.8) is 0 Å². The molecule has 110 valence electrons. The van der Waals surface area contributed by atoms with E-state index < -0.39 is 0 Å². The standard InChI is InChI=1S/C14H22N4O2/c15-11-12(9-4-5-9)16-17-13(11)14(20)18-7-2-1-3-10(18)6-8-19/h9-10,19H,1-8,15H2,(H,16,17). The first-order valence-corrected chi connectivity index (χ1v) is 7.48. The third-order valence-electron chi connectivity index (χ3n) is 4.37. The van der Waals surface area contributed by atoms with Gasteiger partial charge in [-0.25, -0.2) is 0 Å². The van der Waals surface area contributed by atoms with Crippen molar-refractivity contribution in [3.8, 4) is 0 Å². The smallest absolute Gasteiger partial charge is 0.276 e. The highest BCUT2D eigenvalue weighted by Crippen LogP contribution is 2.42. The number of likely N-dealkylation sites (tertiary alicyclic amines) is 1. The van der Waals surface area contributed by atoms with Crippen LogP contribution in [0.2, 0.25) is 0 Å². The number of rotatable bonds is 4. The number of hydrogen-bond acceptors (Lipinski definition) is 4. The molecule has 0 spiro atoms. The number of anilines is 1. The average molecular weight is 278 g/mol. The van der Waals surface area contributed by atoms with E-state index >= 15 is 0 Å². The highest BCUT2D eigenvalue weighted by atomic mass is 16.3. The monoisotopic (exact) mass is 278 g/mol. The lowest BCUT2D eigenvalue weighted by molar-refractivity contribution is 0.0569. The van der Waals surface area contributed by atoms with Gasteiger partial charge < -0.3 is 15.7 Å². The van der Waals surface area contributed by atoms with Crippen LogP contribution in [0.3, 0.4) is 0 Å². The van der Waals surface area contributed by atoms with Crippen molar-refractivity contribution in [2.75, 3.05) is 18.9 Å². The zero-order chi connectivity index (χ0) is 14.1. The summed E-state index contributed by atoms with van der Waals surface area (Å²) in [6, 6.07) is 0.113. The Morgan fingerprint density at radius 2 is 2.20 bits per heavy atom. The molecule has 3 rings (SSSR count). The number of aliphatic hydroxyl groups excluding tert-OH is 1. The molecule has 0 bridgehead atoms. The molecule has 1 aliphatic heterocycles. The summed E-state index contributed by atoms with van der Waals surface area (Å²) < 4.78 is 0. The van der Waals surface area contributed by atoms with E-state index in [1.165, 1.54) is 0 Å². The maximum atomic E-state index is 12.6. The van der Waals surface area contributed by atoms with Crippen molar-refractivity contribution >= 4 is 11.6 Å². The number of aliphatic hydroxyl groups is 1. The van der Waals surface area contributed by atoms with E-state index in [1.54, 1.807) is 0 Å². The summed E-state index contributed by atoms with van der Waals surface area (Å²) in [6.45, 7) is 0.840. The lowest BCUT2D eigenvalue weighted by Gasteiger charge is -2.35. The number of nitrogens with zero attached hydrogens (tertiary/aromatic N) is 2. The van der Waals surface area contributed by atoms with E-state index in [0.717, 1.165) is 44.3 Å². The minimum absolute atomic E-state index is 0.0937. The molecule has 1 aromatic rings. The fourth-order valence-corrected chi connectivity index (χ4v) is 3.06. The third kappa shape index (κ3) is 2.40. The molecule has 1 aromatic heterocycles. The topological polar surface area (TPSA) is 95.2 Å². The van der Waals surface area contributed by atoms with Crippen LogP contribution < -0.4 is 5.73 Å². The van der Waals surface area contributed by atoms with Gasteiger partial charge in [-0.3, -0.25) is 9.89 Å². The highest BCUT2D eigenvalue weighted by Gasteiger charge is 2.33. The second kappa shape index (κ2) is 5.44. The second-order valence-electron chi connectivity index (χ2n) is 5.83.